The lowest BCUT2D eigenvalue weighted by atomic mass is 10.2. The van der Waals surface area contributed by atoms with E-state index in [9.17, 15) is 8.42 Å². The molecule has 0 aliphatic heterocycles. The molecule has 1 aromatic rings. The Labute approximate surface area is 101 Å². The second kappa shape index (κ2) is 6.20. The van der Waals surface area contributed by atoms with Gasteiger partial charge in [-0.25, -0.2) is 13.1 Å². The maximum Gasteiger partial charge on any atom is 0.211 e. The van der Waals surface area contributed by atoms with E-state index < -0.39 is 10.0 Å². The summed E-state index contributed by atoms with van der Waals surface area (Å²) >= 11 is 5.78. The molecule has 16 heavy (non-hydrogen) atoms. The van der Waals surface area contributed by atoms with Gasteiger partial charge in [-0.15, -0.1) is 0 Å². The van der Waals surface area contributed by atoms with Gasteiger partial charge >= 0.3 is 0 Å². The highest BCUT2D eigenvalue weighted by Crippen LogP contribution is 2.10. The van der Waals surface area contributed by atoms with E-state index in [1.165, 1.54) is 0 Å². The van der Waals surface area contributed by atoms with E-state index in [1.54, 1.807) is 18.2 Å². The van der Waals surface area contributed by atoms with Crippen LogP contribution in [0, 0.1) is 0 Å². The zero-order chi connectivity index (χ0) is 12.0. The van der Waals surface area contributed by atoms with Crippen LogP contribution in [0.25, 0.3) is 0 Å². The van der Waals surface area contributed by atoms with Gasteiger partial charge in [0.2, 0.25) is 10.0 Å². The lowest BCUT2D eigenvalue weighted by Crippen LogP contribution is -2.27. The Morgan fingerprint density at radius 1 is 1.38 bits per heavy atom. The smallest absolute Gasteiger partial charge is 0.211 e. The molecule has 0 atom stereocenters. The average molecular weight is 263 g/mol. The molecule has 0 radical (unpaired) electrons. The van der Waals surface area contributed by atoms with Crippen LogP contribution < -0.4 is 10.5 Å². The molecular weight excluding hydrogens is 248 g/mol. The van der Waals surface area contributed by atoms with Gasteiger partial charge in [-0.3, -0.25) is 0 Å². The third-order valence-electron chi connectivity index (χ3n) is 2.00. The largest absolute Gasteiger partial charge is 0.330 e. The van der Waals surface area contributed by atoms with Crippen molar-refractivity contribution >= 4 is 21.6 Å². The van der Waals surface area contributed by atoms with Crippen molar-refractivity contribution in [1.82, 2.24) is 4.72 Å². The minimum absolute atomic E-state index is 0.0596. The summed E-state index contributed by atoms with van der Waals surface area (Å²) < 4.78 is 25.4. The lowest BCUT2D eigenvalue weighted by molar-refractivity contribution is 0.579. The standard InChI is InChI=1S/C10H15ClN2O2S/c11-10-4-1-3-9(7-10)8-13-16(14,15)6-2-5-12/h1,3-4,7,13H,2,5-6,8,12H2. The van der Waals surface area contributed by atoms with Crippen molar-refractivity contribution in [2.45, 2.75) is 13.0 Å². The summed E-state index contributed by atoms with van der Waals surface area (Å²) in [4.78, 5) is 0. The Kier molecular flexibility index (Phi) is 5.21. The molecule has 6 heteroatoms. The minimum Gasteiger partial charge on any atom is -0.330 e. The zero-order valence-corrected chi connectivity index (χ0v) is 10.4. The van der Waals surface area contributed by atoms with Crippen LogP contribution in [0.15, 0.2) is 24.3 Å². The van der Waals surface area contributed by atoms with Gasteiger partial charge in [0.15, 0.2) is 0 Å². The monoisotopic (exact) mass is 262 g/mol. The fourth-order valence-electron chi connectivity index (χ4n) is 1.19. The Morgan fingerprint density at radius 2 is 2.12 bits per heavy atom. The molecule has 0 saturated heterocycles. The van der Waals surface area contributed by atoms with Crippen LogP contribution in [-0.4, -0.2) is 20.7 Å². The second-order valence-corrected chi connectivity index (χ2v) is 5.77. The second-order valence-electron chi connectivity index (χ2n) is 3.41. The molecule has 1 aromatic carbocycles. The summed E-state index contributed by atoms with van der Waals surface area (Å²) in [6.45, 7) is 0.630. The summed E-state index contributed by atoms with van der Waals surface area (Å²) in [6.07, 6.45) is 0.463. The summed E-state index contributed by atoms with van der Waals surface area (Å²) in [7, 11) is -3.23. The molecule has 0 spiro atoms. The van der Waals surface area contributed by atoms with E-state index in [0.717, 1.165) is 5.56 Å². The molecule has 1 rings (SSSR count). The van der Waals surface area contributed by atoms with Crippen LogP contribution in [0.4, 0.5) is 0 Å². The highest BCUT2D eigenvalue weighted by molar-refractivity contribution is 7.89. The normalized spacial score (nSPS) is 11.6. The molecule has 0 aliphatic carbocycles. The maximum atomic E-state index is 11.4. The Bertz CT molecular complexity index is 434. The Balaban J connectivity index is 2.51. The van der Waals surface area contributed by atoms with Crippen molar-refractivity contribution in [3.8, 4) is 0 Å². The highest BCUT2D eigenvalue weighted by atomic mass is 35.5. The van der Waals surface area contributed by atoms with Crippen LogP contribution >= 0.6 is 11.6 Å². The first kappa shape index (κ1) is 13.4. The first-order chi connectivity index (χ1) is 7.53. The molecule has 0 bridgehead atoms. The Morgan fingerprint density at radius 3 is 2.75 bits per heavy atom. The van der Waals surface area contributed by atoms with E-state index in [4.69, 9.17) is 17.3 Å². The molecule has 90 valence electrons. The van der Waals surface area contributed by atoms with Crippen LogP contribution in [0.5, 0.6) is 0 Å². The van der Waals surface area contributed by atoms with Crippen molar-refractivity contribution in [3.63, 3.8) is 0 Å². The predicted molar refractivity (Wildman–Crippen MR) is 65.7 cm³/mol. The summed E-state index contributed by atoms with van der Waals surface area (Å²) in [5.74, 6) is 0.0596. The van der Waals surface area contributed by atoms with Crippen LogP contribution in [-0.2, 0) is 16.6 Å². The van der Waals surface area contributed by atoms with E-state index in [0.29, 0.717) is 18.0 Å². The van der Waals surface area contributed by atoms with Crippen LogP contribution in [0.1, 0.15) is 12.0 Å². The molecule has 0 unspecified atom stereocenters. The van der Waals surface area contributed by atoms with E-state index in [1.807, 2.05) is 6.07 Å². The van der Waals surface area contributed by atoms with Gasteiger partial charge in [0.1, 0.15) is 0 Å². The first-order valence-corrected chi connectivity index (χ1v) is 6.98. The number of nitrogens with two attached hydrogens (primary N) is 1. The molecule has 3 N–H and O–H groups in total. The van der Waals surface area contributed by atoms with E-state index >= 15 is 0 Å². The third kappa shape index (κ3) is 4.94. The van der Waals surface area contributed by atoms with Crippen LogP contribution in [0.3, 0.4) is 0 Å². The number of halogens is 1. The molecule has 0 heterocycles. The van der Waals surface area contributed by atoms with Crippen molar-refractivity contribution < 1.29 is 8.42 Å². The fourth-order valence-corrected chi connectivity index (χ4v) is 2.48. The number of hydrogen-bond donors (Lipinski definition) is 2. The Hall–Kier alpha value is -0.620. The maximum absolute atomic E-state index is 11.4. The first-order valence-electron chi connectivity index (χ1n) is 4.95. The van der Waals surface area contributed by atoms with E-state index in [-0.39, 0.29) is 12.3 Å². The zero-order valence-electron chi connectivity index (χ0n) is 8.82. The van der Waals surface area contributed by atoms with Gasteiger partial charge in [0, 0.05) is 11.6 Å². The fraction of sp³-hybridized carbons (Fsp3) is 0.400. The molecule has 4 nitrogen and oxygen atoms in total. The van der Waals surface area contributed by atoms with Gasteiger partial charge in [-0.1, -0.05) is 23.7 Å². The number of benzene rings is 1. The number of rotatable bonds is 6. The van der Waals surface area contributed by atoms with Crippen molar-refractivity contribution in [2.24, 2.45) is 5.73 Å². The quantitative estimate of drug-likeness (QED) is 0.807. The van der Waals surface area contributed by atoms with Gasteiger partial charge < -0.3 is 5.73 Å². The van der Waals surface area contributed by atoms with Gasteiger partial charge in [-0.05, 0) is 30.7 Å². The average Bonchev–Trinajstić information content (AvgIpc) is 2.24. The number of nitrogens with one attached hydrogen (secondary N) is 1. The summed E-state index contributed by atoms with van der Waals surface area (Å²) in [6, 6.07) is 7.07. The topological polar surface area (TPSA) is 72.2 Å². The number of hydrogen-bond acceptors (Lipinski definition) is 3. The molecular formula is C10H15ClN2O2S. The SMILES string of the molecule is NCCCS(=O)(=O)NCc1cccc(Cl)c1. The summed E-state index contributed by atoms with van der Waals surface area (Å²) in [5, 5.41) is 0.596. The molecule has 0 fully saturated rings. The van der Waals surface area contributed by atoms with Crippen molar-refractivity contribution in [3.05, 3.63) is 34.9 Å². The highest BCUT2D eigenvalue weighted by Gasteiger charge is 2.08. The van der Waals surface area contributed by atoms with Crippen LogP contribution in [0.2, 0.25) is 5.02 Å². The minimum atomic E-state index is -3.23. The number of sulfonamides is 1. The molecule has 0 amide bonds. The molecule has 0 aliphatic rings. The van der Waals surface area contributed by atoms with Crippen molar-refractivity contribution in [1.29, 1.82) is 0 Å². The van der Waals surface area contributed by atoms with Gasteiger partial charge in [-0.2, -0.15) is 0 Å². The van der Waals surface area contributed by atoms with Crippen molar-refractivity contribution in [2.75, 3.05) is 12.3 Å². The van der Waals surface area contributed by atoms with E-state index in [2.05, 4.69) is 4.72 Å². The molecule has 0 aromatic heterocycles. The lowest BCUT2D eigenvalue weighted by Gasteiger charge is -2.06. The van der Waals surface area contributed by atoms with Gasteiger partial charge in [0.05, 0.1) is 5.75 Å². The predicted octanol–water partition coefficient (Wildman–Crippen LogP) is 1.11. The molecule has 0 saturated carbocycles. The summed E-state index contributed by atoms with van der Waals surface area (Å²) in [5.41, 5.74) is 6.09. The van der Waals surface area contributed by atoms with Gasteiger partial charge in [0.25, 0.3) is 0 Å². The third-order valence-corrected chi connectivity index (χ3v) is 3.65.